The Hall–Kier alpha value is -1.49. The number of aryl methyl sites for hydroxylation is 1. The Morgan fingerprint density at radius 2 is 2.11 bits per heavy atom. The Bertz CT molecular complexity index is 502. The van der Waals surface area contributed by atoms with Gasteiger partial charge < -0.3 is 10.5 Å². The van der Waals surface area contributed by atoms with Gasteiger partial charge in [0.1, 0.15) is 0 Å². The van der Waals surface area contributed by atoms with Crippen molar-refractivity contribution >= 4 is 5.97 Å². The molecule has 0 heterocycles. The van der Waals surface area contributed by atoms with E-state index >= 15 is 0 Å². The van der Waals surface area contributed by atoms with Gasteiger partial charge in [-0.05, 0) is 24.1 Å². The highest BCUT2D eigenvalue weighted by atomic mass is 19.3. The van der Waals surface area contributed by atoms with E-state index in [1.54, 1.807) is 13.0 Å². The van der Waals surface area contributed by atoms with E-state index in [4.69, 9.17) is 5.73 Å². The average molecular weight is 255 g/mol. The molecule has 5 heteroatoms. The van der Waals surface area contributed by atoms with Crippen LogP contribution in [0.25, 0.3) is 0 Å². The molecule has 0 aromatic heterocycles. The van der Waals surface area contributed by atoms with Gasteiger partial charge >= 0.3 is 5.97 Å². The summed E-state index contributed by atoms with van der Waals surface area (Å²) in [5.41, 5.74) is 5.71. The van der Waals surface area contributed by atoms with Gasteiger partial charge in [0.05, 0.1) is 18.1 Å². The van der Waals surface area contributed by atoms with Crippen LogP contribution in [0.2, 0.25) is 0 Å². The number of benzene rings is 1. The lowest BCUT2D eigenvalue weighted by atomic mass is 9.92. The first-order valence-corrected chi connectivity index (χ1v) is 5.65. The van der Waals surface area contributed by atoms with Crippen molar-refractivity contribution in [1.29, 1.82) is 0 Å². The molecule has 0 spiro atoms. The Morgan fingerprint density at radius 3 is 2.50 bits per heavy atom. The Labute approximate surface area is 104 Å². The minimum absolute atomic E-state index is 0.100. The SMILES string of the molecule is COC(=O)c1ccc(C2(CN)CC2(F)F)cc1C. The van der Waals surface area contributed by atoms with Gasteiger partial charge in [-0.2, -0.15) is 0 Å². The predicted octanol–water partition coefficient (Wildman–Crippen LogP) is 2.02. The number of carbonyl (C=O) groups excluding carboxylic acids is 1. The van der Waals surface area contributed by atoms with E-state index in [9.17, 15) is 13.6 Å². The van der Waals surface area contributed by atoms with Gasteiger partial charge in [-0.3, -0.25) is 0 Å². The van der Waals surface area contributed by atoms with Crippen molar-refractivity contribution in [3.05, 3.63) is 34.9 Å². The Balaban J connectivity index is 2.39. The van der Waals surface area contributed by atoms with Crippen molar-refractivity contribution in [2.45, 2.75) is 24.7 Å². The molecular weight excluding hydrogens is 240 g/mol. The number of esters is 1. The van der Waals surface area contributed by atoms with Gasteiger partial charge in [0.15, 0.2) is 0 Å². The molecule has 0 aliphatic heterocycles. The molecule has 2 N–H and O–H groups in total. The first kappa shape index (κ1) is 13.0. The number of methoxy groups -OCH3 is 1. The van der Waals surface area contributed by atoms with Crippen LogP contribution in [0.3, 0.4) is 0 Å². The zero-order chi connectivity index (χ0) is 13.6. The quantitative estimate of drug-likeness (QED) is 0.841. The molecule has 1 aromatic rings. The molecule has 0 bridgehead atoms. The summed E-state index contributed by atoms with van der Waals surface area (Å²) in [6.07, 6.45) is -0.229. The third kappa shape index (κ3) is 1.70. The average Bonchev–Trinajstić information content (AvgIpc) is 2.92. The number of carbonyl (C=O) groups is 1. The standard InChI is InChI=1S/C13H15F2NO2/c1-8-5-9(3-4-10(8)11(17)18-2)12(7-16)6-13(12,14)15/h3-5H,6-7,16H2,1-2H3. The van der Waals surface area contributed by atoms with Gasteiger partial charge in [0.25, 0.3) is 5.92 Å². The Morgan fingerprint density at radius 1 is 1.50 bits per heavy atom. The topological polar surface area (TPSA) is 52.3 Å². The molecule has 1 aromatic carbocycles. The number of nitrogens with two attached hydrogens (primary N) is 1. The highest BCUT2D eigenvalue weighted by Crippen LogP contribution is 2.60. The minimum Gasteiger partial charge on any atom is -0.465 e. The van der Waals surface area contributed by atoms with E-state index in [2.05, 4.69) is 4.74 Å². The number of hydrogen-bond acceptors (Lipinski definition) is 3. The van der Waals surface area contributed by atoms with Crippen molar-refractivity contribution < 1.29 is 18.3 Å². The van der Waals surface area contributed by atoms with E-state index in [1.807, 2.05) is 0 Å². The smallest absolute Gasteiger partial charge is 0.338 e. The number of hydrogen-bond donors (Lipinski definition) is 1. The second-order valence-corrected chi connectivity index (χ2v) is 4.69. The van der Waals surface area contributed by atoms with Gasteiger partial charge in [-0.1, -0.05) is 12.1 Å². The van der Waals surface area contributed by atoms with Crippen molar-refractivity contribution in [3.8, 4) is 0 Å². The van der Waals surface area contributed by atoms with Crippen LogP contribution in [-0.2, 0) is 10.2 Å². The van der Waals surface area contributed by atoms with Gasteiger partial charge in [0, 0.05) is 13.0 Å². The van der Waals surface area contributed by atoms with Crippen molar-refractivity contribution in [2.24, 2.45) is 5.73 Å². The lowest BCUT2D eigenvalue weighted by molar-refractivity contribution is 0.0600. The van der Waals surface area contributed by atoms with Crippen LogP contribution >= 0.6 is 0 Å². The van der Waals surface area contributed by atoms with Gasteiger partial charge in [-0.15, -0.1) is 0 Å². The third-order valence-electron chi connectivity index (χ3n) is 3.63. The summed E-state index contributed by atoms with van der Waals surface area (Å²) >= 11 is 0. The fraction of sp³-hybridized carbons (Fsp3) is 0.462. The van der Waals surface area contributed by atoms with Crippen LogP contribution < -0.4 is 5.73 Å². The number of ether oxygens (including phenoxy) is 1. The molecule has 0 amide bonds. The molecule has 1 aliphatic rings. The van der Waals surface area contributed by atoms with Crippen molar-refractivity contribution in [1.82, 2.24) is 0 Å². The number of alkyl halides is 2. The summed E-state index contributed by atoms with van der Waals surface area (Å²) in [5, 5.41) is 0. The maximum absolute atomic E-state index is 13.4. The largest absolute Gasteiger partial charge is 0.465 e. The van der Waals surface area contributed by atoms with Crippen LogP contribution in [0.1, 0.15) is 27.9 Å². The maximum atomic E-state index is 13.4. The van der Waals surface area contributed by atoms with Crippen LogP contribution in [-0.4, -0.2) is 25.5 Å². The van der Waals surface area contributed by atoms with E-state index in [0.717, 1.165) is 0 Å². The van der Waals surface area contributed by atoms with E-state index < -0.39 is 17.3 Å². The van der Waals surface area contributed by atoms with E-state index in [1.165, 1.54) is 19.2 Å². The molecular formula is C13H15F2NO2. The monoisotopic (exact) mass is 255 g/mol. The van der Waals surface area contributed by atoms with E-state index in [-0.39, 0.29) is 13.0 Å². The van der Waals surface area contributed by atoms with Gasteiger partial charge in [-0.25, -0.2) is 13.6 Å². The van der Waals surface area contributed by atoms with Crippen LogP contribution in [0, 0.1) is 6.92 Å². The fourth-order valence-electron chi connectivity index (χ4n) is 2.29. The lowest BCUT2D eigenvalue weighted by Gasteiger charge is -2.16. The highest BCUT2D eigenvalue weighted by molar-refractivity contribution is 5.91. The normalized spacial score (nSPS) is 24.7. The minimum atomic E-state index is -2.75. The zero-order valence-corrected chi connectivity index (χ0v) is 10.3. The fourth-order valence-corrected chi connectivity index (χ4v) is 2.29. The molecule has 1 atom stereocenters. The Kier molecular flexibility index (Phi) is 2.89. The summed E-state index contributed by atoms with van der Waals surface area (Å²) in [4.78, 5) is 11.4. The zero-order valence-electron chi connectivity index (χ0n) is 10.3. The summed E-state index contributed by atoms with van der Waals surface area (Å²) in [6.45, 7) is 1.59. The van der Waals surface area contributed by atoms with Crippen molar-refractivity contribution in [2.75, 3.05) is 13.7 Å². The maximum Gasteiger partial charge on any atom is 0.338 e. The predicted molar refractivity (Wildman–Crippen MR) is 62.8 cm³/mol. The summed E-state index contributed by atoms with van der Waals surface area (Å²) < 4.78 is 31.5. The number of halogens is 2. The second kappa shape index (κ2) is 4.02. The van der Waals surface area contributed by atoms with Crippen molar-refractivity contribution in [3.63, 3.8) is 0 Å². The third-order valence-corrected chi connectivity index (χ3v) is 3.63. The second-order valence-electron chi connectivity index (χ2n) is 4.69. The molecule has 1 aliphatic carbocycles. The van der Waals surface area contributed by atoms with Gasteiger partial charge in [0.2, 0.25) is 0 Å². The van der Waals surface area contributed by atoms with Crippen LogP contribution in [0.5, 0.6) is 0 Å². The summed E-state index contributed by atoms with van der Waals surface area (Å²) in [5.74, 6) is -3.22. The van der Waals surface area contributed by atoms with Crippen LogP contribution in [0.15, 0.2) is 18.2 Å². The van der Waals surface area contributed by atoms with E-state index in [0.29, 0.717) is 16.7 Å². The molecule has 98 valence electrons. The van der Waals surface area contributed by atoms with Crippen LogP contribution in [0.4, 0.5) is 8.78 Å². The first-order chi connectivity index (χ1) is 8.38. The molecule has 0 saturated heterocycles. The summed E-state index contributed by atoms with van der Waals surface area (Å²) in [7, 11) is 1.28. The highest BCUT2D eigenvalue weighted by Gasteiger charge is 2.71. The lowest BCUT2D eigenvalue weighted by Crippen LogP contribution is -2.27. The molecule has 1 saturated carbocycles. The molecule has 18 heavy (non-hydrogen) atoms. The summed E-state index contributed by atoms with van der Waals surface area (Å²) in [6, 6.07) is 4.65. The first-order valence-electron chi connectivity index (χ1n) is 5.65. The molecule has 1 unspecified atom stereocenters. The molecule has 3 nitrogen and oxygen atoms in total. The molecule has 0 radical (unpaired) electrons. The number of rotatable bonds is 3. The molecule has 2 rings (SSSR count). The molecule has 1 fully saturated rings.